The maximum absolute atomic E-state index is 6.70. The van der Waals surface area contributed by atoms with E-state index in [4.69, 9.17) is 31.8 Å². The average Bonchev–Trinajstić information content (AvgIpc) is 3.22. The fraction of sp³-hybridized carbons (Fsp3) is 0.393. The van der Waals surface area contributed by atoms with E-state index in [-0.39, 0.29) is 0 Å². The lowest BCUT2D eigenvalue weighted by Crippen LogP contribution is -2.48. The Labute approximate surface area is 223 Å². The highest BCUT2D eigenvalue weighted by molar-refractivity contribution is 6.30. The van der Waals surface area contributed by atoms with Gasteiger partial charge < -0.3 is 20.1 Å². The van der Waals surface area contributed by atoms with Gasteiger partial charge in [-0.15, -0.1) is 0 Å². The molecule has 0 spiro atoms. The third-order valence-corrected chi connectivity index (χ3v) is 7.36. The van der Waals surface area contributed by atoms with Gasteiger partial charge in [0.25, 0.3) is 0 Å². The number of aromatic nitrogens is 3. The molecule has 8 nitrogen and oxygen atoms in total. The van der Waals surface area contributed by atoms with Crippen molar-refractivity contribution < 1.29 is 4.52 Å². The summed E-state index contributed by atoms with van der Waals surface area (Å²) >= 11 is 6.15. The van der Waals surface area contributed by atoms with E-state index in [0.717, 1.165) is 83.9 Å². The molecule has 0 radical (unpaired) electrons. The van der Waals surface area contributed by atoms with Crippen LogP contribution >= 0.6 is 11.6 Å². The third kappa shape index (κ3) is 5.42. The van der Waals surface area contributed by atoms with Crippen LogP contribution in [0.2, 0.25) is 5.02 Å². The first kappa shape index (κ1) is 25.4. The summed E-state index contributed by atoms with van der Waals surface area (Å²) in [5.41, 5.74) is 12.6. The van der Waals surface area contributed by atoms with Crippen LogP contribution in [-0.2, 0) is 6.42 Å². The minimum atomic E-state index is 0.493. The van der Waals surface area contributed by atoms with Crippen LogP contribution in [0.5, 0.6) is 0 Å². The van der Waals surface area contributed by atoms with Crippen molar-refractivity contribution in [3.8, 4) is 11.1 Å². The van der Waals surface area contributed by atoms with Gasteiger partial charge in [-0.3, -0.25) is 4.90 Å². The van der Waals surface area contributed by atoms with E-state index in [1.165, 1.54) is 0 Å². The van der Waals surface area contributed by atoms with Gasteiger partial charge in [0, 0.05) is 55.2 Å². The van der Waals surface area contributed by atoms with Crippen LogP contribution in [0.1, 0.15) is 22.6 Å². The summed E-state index contributed by atoms with van der Waals surface area (Å²) in [7, 11) is 4.22. The molecular weight excluding hydrogens is 486 g/mol. The SMILES string of the molecule is Cc1noc(C)c1-c1ccc2nc(N3CCN(CCN(C)C)CC3)nc(N)c2c1Cc1ccc(Cl)cc1. The van der Waals surface area contributed by atoms with Gasteiger partial charge in [-0.25, -0.2) is 4.98 Å². The molecule has 37 heavy (non-hydrogen) atoms. The van der Waals surface area contributed by atoms with E-state index in [9.17, 15) is 0 Å². The van der Waals surface area contributed by atoms with Crippen LogP contribution in [0.4, 0.5) is 11.8 Å². The number of nitrogens with two attached hydrogens (primary N) is 1. The average molecular weight is 520 g/mol. The van der Waals surface area contributed by atoms with E-state index in [1.807, 2.05) is 44.2 Å². The standard InChI is InChI=1S/C28H34ClN7O/c1-18-25(19(2)37-33-18)22-9-10-24-26(23(22)17-20-5-7-21(29)8-6-20)27(30)32-28(31-24)36-15-13-35(14-16-36)12-11-34(3)4/h5-10H,11-17H2,1-4H3,(H2,30,31,32). The van der Waals surface area contributed by atoms with Gasteiger partial charge in [-0.05, 0) is 69.3 Å². The lowest BCUT2D eigenvalue weighted by molar-refractivity contribution is 0.229. The lowest BCUT2D eigenvalue weighted by atomic mass is 9.91. The van der Waals surface area contributed by atoms with Crippen LogP contribution in [0.15, 0.2) is 40.9 Å². The minimum Gasteiger partial charge on any atom is -0.383 e. The number of likely N-dealkylation sites (N-methyl/N-ethyl adjacent to an activating group) is 1. The fourth-order valence-electron chi connectivity index (χ4n) is 5.06. The Bertz CT molecular complexity index is 1370. The number of aryl methyl sites for hydroxylation is 2. The lowest BCUT2D eigenvalue weighted by Gasteiger charge is -2.35. The fourth-order valence-corrected chi connectivity index (χ4v) is 5.18. The first-order valence-electron chi connectivity index (χ1n) is 12.7. The van der Waals surface area contributed by atoms with E-state index < -0.39 is 0 Å². The number of halogens is 1. The number of hydrogen-bond donors (Lipinski definition) is 1. The zero-order chi connectivity index (χ0) is 26.1. The van der Waals surface area contributed by atoms with Gasteiger partial charge in [-0.2, -0.15) is 4.98 Å². The van der Waals surface area contributed by atoms with Crippen molar-refractivity contribution in [1.82, 2.24) is 24.9 Å². The Balaban J connectivity index is 1.52. The van der Waals surface area contributed by atoms with Crippen molar-refractivity contribution in [1.29, 1.82) is 0 Å². The topological polar surface area (TPSA) is 87.6 Å². The summed E-state index contributed by atoms with van der Waals surface area (Å²) in [6.07, 6.45) is 0.658. The number of anilines is 2. The van der Waals surface area contributed by atoms with Crippen LogP contribution < -0.4 is 10.6 Å². The van der Waals surface area contributed by atoms with Gasteiger partial charge in [0.2, 0.25) is 5.95 Å². The summed E-state index contributed by atoms with van der Waals surface area (Å²) in [6.45, 7) is 9.77. The Morgan fingerprint density at radius 1 is 1.00 bits per heavy atom. The van der Waals surface area contributed by atoms with Crippen molar-refractivity contribution in [2.75, 3.05) is 64.0 Å². The summed E-state index contributed by atoms with van der Waals surface area (Å²) in [6, 6.07) is 12.0. The van der Waals surface area contributed by atoms with E-state index in [1.54, 1.807) is 0 Å². The molecule has 0 amide bonds. The van der Waals surface area contributed by atoms with Gasteiger partial charge in [0.1, 0.15) is 11.6 Å². The molecule has 3 heterocycles. The normalized spacial score (nSPS) is 14.7. The van der Waals surface area contributed by atoms with Gasteiger partial charge in [0.05, 0.1) is 11.2 Å². The first-order valence-corrected chi connectivity index (χ1v) is 13.1. The molecule has 0 saturated carbocycles. The number of fused-ring (bicyclic) bond motifs is 1. The molecule has 4 aromatic rings. The Kier molecular flexibility index (Phi) is 7.33. The number of benzene rings is 2. The molecule has 1 aliphatic heterocycles. The molecular formula is C28H34ClN7O. The molecule has 5 rings (SSSR count). The smallest absolute Gasteiger partial charge is 0.227 e. The molecule has 0 unspecified atom stereocenters. The molecule has 0 aliphatic carbocycles. The summed E-state index contributed by atoms with van der Waals surface area (Å²) in [4.78, 5) is 16.8. The van der Waals surface area contributed by atoms with Crippen molar-refractivity contribution >= 4 is 34.3 Å². The molecule has 1 aliphatic rings. The highest BCUT2D eigenvalue weighted by atomic mass is 35.5. The van der Waals surface area contributed by atoms with Gasteiger partial charge >= 0.3 is 0 Å². The van der Waals surface area contributed by atoms with Crippen LogP contribution in [0.25, 0.3) is 22.0 Å². The summed E-state index contributed by atoms with van der Waals surface area (Å²) in [5.74, 6) is 1.96. The maximum atomic E-state index is 6.70. The van der Waals surface area contributed by atoms with Crippen LogP contribution in [0.3, 0.4) is 0 Å². The number of hydrogen-bond acceptors (Lipinski definition) is 8. The Hall–Kier alpha value is -3.20. The molecule has 1 saturated heterocycles. The zero-order valence-electron chi connectivity index (χ0n) is 22.0. The van der Waals surface area contributed by atoms with E-state index in [2.05, 4.69) is 40.0 Å². The number of nitrogen functional groups attached to an aromatic ring is 1. The second-order valence-electron chi connectivity index (χ2n) is 10.0. The second-order valence-corrected chi connectivity index (χ2v) is 10.5. The summed E-state index contributed by atoms with van der Waals surface area (Å²) in [5, 5.41) is 5.78. The predicted octanol–water partition coefficient (Wildman–Crippen LogP) is 4.41. The van der Waals surface area contributed by atoms with Crippen LogP contribution in [0, 0.1) is 13.8 Å². The molecule has 2 aromatic heterocycles. The summed E-state index contributed by atoms with van der Waals surface area (Å²) < 4.78 is 5.51. The molecule has 0 atom stereocenters. The van der Waals surface area contributed by atoms with E-state index in [0.29, 0.717) is 23.2 Å². The van der Waals surface area contributed by atoms with Gasteiger partial charge in [-0.1, -0.05) is 35.0 Å². The highest BCUT2D eigenvalue weighted by Crippen LogP contribution is 2.37. The largest absolute Gasteiger partial charge is 0.383 e. The molecule has 194 valence electrons. The van der Waals surface area contributed by atoms with Crippen molar-refractivity contribution in [3.63, 3.8) is 0 Å². The monoisotopic (exact) mass is 519 g/mol. The van der Waals surface area contributed by atoms with Crippen molar-refractivity contribution in [2.45, 2.75) is 20.3 Å². The Morgan fingerprint density at radius 2 is 1.73 bits per heavy atom. The predicted molar refractivity (Wildman–Crippen MR) is 150 cm³/mol. The first-order chi connectivity index (χ1) is 17.8. The Morgan fingerprint density at radius 3 is 2.38 bits per heavy atom. The third-order valence-electron chi connectivity index (χ3n) is 7.10. The second kappa shape index (κ2) is 10.7. The molecule has 2 N–H and O–H groups in total. The van der Waals surface area contributed by atoms with Gasteiger partial charge in [0.15, 0.2) is 0 Å². The number of piperazine rings is 1. The van der Waals surface area contributed by atoms with E-state index >= 15 is 0 Å². The highest BCUT2D eigenvalue weighted by Gasteiger charge is 2.23. The van der Waals surface area contributed by atoms with Crippen LogP contribution in [-0.4, -0.2) is 78.3 Å². The van der Waals surface area contributed by atoms with Crippen molar-refractivity contribution in [2.24, 2.45) is 0 Å². The molecule has 2 aromatic carbocycles. The molecule has 0 bridgehead atoms. The minimum absolute atomic E-state index is 0.493. The quantitative estimate of drug-likeness (QED) is 0.384. The molecule has 1 fully saturated rings. The number of nitrogens with zero attached hydrogens (tertiary/aromatic N) is 6. The molecule has 9 heteroatoms. The maximum Gasteiger partial charge on any atom is 0.227 e. The zero-order valence-corrected chi connectivity index (χ0v) is 22.7. The van der Waals surface area contributed by atoms with Crippen molar-refractivity contribution in [3.05, 3.63) is 64.0 Å². The number of rotatable bonds is 7.